The Kier molecular flexibility index (Phi) is 7.73. The van der Waals surface area contributed by atoms with Crippen molar-refractivity contribution in [1.29, 1.82) is 0 Å². The molecule has 4 aromatic heterocycles. The molecule has 2 aliphatic heterocycles. The van der Waals surface area contributed by atoms with Gasteiger partial charge in [-0.25, -0.2) is 4.98 Å². The number of pyridine rings is 3. The molecular formula is C46H51N3OSi+2. The van der Waals surface area contributed by atoms with Crippen molar-refractivity contribution in [3.63, 3.8) is 0 Å². The van der Waals surface area contributed by atoms with Gasteiger partial charge in [-0.3, -0.25) is 0 Å². The van der Waals surface area contributed by atoms with E-state index < -0.39 is 8.07 Å². The molecule has 2 aromatic carbocycles. The second kappa shape index (κ2) is 12.1. The molecule has 9 rings (SSSR count). The fraction of sp³-hybridized carbons (Fsp3) is 0.370. The van der Waals surface area contributed by atoms with Crippen molar-refractivity contribution in [3.05, 3.63) is 119 Å². The molecule has 4 nitrogen and oxygen atoms in total. The number of hydrogen-bond donors (Lipinski definition) is 0. The third-order valence-electron chi connectivity index (χ3n) is 12.2. The Balaban J connectivity index is 1.29. The molecule has 2 atom stereocenters. The summed E-state index contributed by atoms with van der Waals surface area (Å²) in [5.74, 6) is 0.841. The zero-order valence-electron chi connectivity index (χ0n) is 31.3. The van der Waals surface area contributed by atoms with Gasteiger partial charge in [0, 0.05) is 57.3 Å². The number of aryl methyl sites for hydroxylation is 3. The molecular weight excluding hydrogens is 639 g/mol. The predicted octanol–water partition coefficient (Wildman–Crippen LogP) is 9.98. The lowest BCUT2D eigenvalue weighted by molar-refractivity contribution is -0.719. The Labute approximate surface area is 303 Å². The number of nitrogens with zero attached hydrogens (tertiary/aromatic N) is 3. The van der Waals surface area contributed by atoms with Crippen molar-refractivity contribution >= 4 is 35.3 Å². The zero-order chi connectivity index (χ0) is 35.2. The minimum absolute atomic E-state index is 0.295. The van der Waals surface area contributed by atoms with Crippen LogP contribution in [-0.4, -0.2) is 13.1 Å². The summed E-state index contributed by atoms with van der Waals surface area (Å²) in [6.45, 7) is 20.0. The van der Waals surface area contributed by atoms with E-state index in [-0.39, 0.29) is 0 Å². The number of fused-ring (bicyclic) bond motifs is 15. The van der Waals surface area contributed by atoms with Gasteiger partial charge in [-0.2, -0.15) is 9.13 Å². The Bertz CT molecular complexity index is 2390. The van der Waals surface area contributed by atoms with Crippen LogP contribution in [0, 0.1) is 6.92 Å². The summed E-state index contributed by atoms with van der Waals surface area (Å²) in [7, 11) is -1.63. The lowest BCUT2D eigenvalue weighted by atomic mass is 9.77. The second-order valence-corrected chi connectivity index (χ2v) is 22.0. The van der Waals surface area contributed by atoms with Crippen molar-refractivity contribution in [2.24, 2.45) is 0 Å². The van der Waals surface area contributed by atoms with Crippen molar-refractivity contribution in [2.75, 3.05) is 0 Å². The van der Waals surface area contributed by atoms with Gasteiger partial charge in [-0.1, -0.05) is 70.4 Å². The standard InChI is InChI=1S/C46H51N3OSi/c1-28(2)39-25-41-35-15-11-10-14-34(35)36-20-17-32-18-21-37-38-19-16-30(4)47-46(38)50-45(37)43(32)44-33-13-9-8-12-31(33)22-23-48(44)26-29(3)24-40(36)49(41)27-42(39)51(5,6)7/h10-11,14-16,18-19,21-23,25,27-28,36,40H,3,8-9,12-13,17,20,24,26H2,1-2,4-7H3/q+2. The van der Waals surface area contributed by atoms with Gasteiger partial charge < -0.3 is 4.42 Å². The quantitative estimate of drug-likeness (QED) is 0.103. The maximum absolute atomic E-state index is 6.84. The highest BCUT2D eigenvalue weighted by Crippen LogP contribution is 2.46. The van der Waals surface area contributed by atoms with Crippen LogP contribution in [0.4, 0.5) is 0 Å². The van der Waals surface area contributed by atoms with Gasteiger partial charge >= 0.3 is 0 Å². The first-order valence-corrected chi connectivity index (χ1v) is 22.8. The van der Waals surface area contributed by atoms with E-state index in [4.69, 9.17) is 16.0 Å². The molecule has 1 aliphatic carbocycles. The molecule has 5 heteroatoms. The van der Waals surface area contributed by atoms with Gasteiger partial charge in [0.1, 0.15) is 0 Å². The summed E-state index contributed by atoms with van der Waals surface area (Å²) < 4.78 is 12.1. The summed E-state index contributed by atoms with van der Waals surface area (Å²) in [5.41, 5.74) is 16.7. The first-order chi connectivity index (χ1) is 24.6. The predicted molar refractivity (Wildman–Crippen MR) is 212 cm³/mol. The molecule has 2 unspecified atom stereocenters. The summed E-state index contributed by atoms with van der Waals surface area (Å²) in [4.78, 5) is 4.86. The van der Waals surface area contributed by atoms with Crippen LogP contribution >= 0.6 is 0 Å². The topological polar surface area (TPSA) is 33.8 Å². The Hall–Kier alpha value is -4.35. The third kappa shape index (κ3) is 5.34. The summed E-state index contributed by atoms with van der Waals surface area (Å²) in [5, 5.41) is 3.85. The molecule has 0 fully saturated rings. The van der Waals surface area contributed by atoms with Crippen LogP contribution in [-0.2, 0) is 25.8 Å². The van der Waals surface area contributed by atoms with E-state index in [9.17, 15) is 0 Å². The highest BCUT2D eigenvalue weighted by Gasteiger charge is 2.43. The molecule has 51 heavy (non-hydrogen) atoms. The molecule has 0 saturated heterocycles. The maximum atomic E-state index is 6.84. The van der Waals surface area contributed by atoms with Gasteiger partial charge in [-0.05, 0) is 97.4 Å². The number of hydrogen-bond acceptors (Lipinski definition) is 2. The second-order valence-electron chi connectivity index (χ2n) is 17.0. The highest BCUT2D eigenvalue weighted by molar-refractivity contribution is 6.89. The molecule has 0 bridgehead atoms. The van der Waals surface area contributed by atoms with E-state index in [0.717, 1.165) is 66.4 Å². The van der Waals surface area contributed by atoms with Gasteiger partial charge in [0.15, 0.2) is 30.6 Å². The Morgan fingerprint density at radius 1 is 0.922 bits per heavy atom. The maximum Gasteiger partial charge on any atom is 0.227 e. The average Bonchev–Trinajstić information content (AvgIpc) is 3.46. The minimum atomic E-state index is -1.63. The molecule has 258 valence electrons. The summed E-state index contributed by atoms with van der Waals surface area (Å²) in [6.07, 6.45) is 12.6. The smallest absolute Gasteiger partial charge is 0.227 e. The summed E-state index contributed by atoms with van der Waals surface area (Å²) >= 11 is 0. The van der Waals surface area contributed by atoms with Crippen LogP contribution in [0.25, 0.3) is 44.6 Å². The molecule has 6 heterocycles. The van der Waals surface area contributed by atoms with E-state index in [1.165, 1.54) is 68.7 Å². The van der Waals surface area contributed by atoms with Gasteiger partial charge in [0.25, 0.3) is 0 Å². The number of aromatic nitrogens is 3. The van der Waals surface area contributed by atoms with E-state index in [1.807, 2.05) is 6.92 Å². The van der Waals surface area contributed by atoms with E-state index in [0.29, 0.717) is 17.9 Å². The van der Waals surface area contributed by atoms with Crippen LogP contribution in [0.5, 0.6) is 0 Å². The monoisotopic (exact) mass is 689 g/mol. The molecule has 0 radical (unpaired) electrons. The average molecular weight is 690 g/mol. The summed E-state index contributed by atoms with van der Waals surface area (Å²) in [6, 6.07) is 23.5. The highest BCUT2D eigenvalue weighted by atomic mass is 28.3. The molecule has 0 N–H and O–H groups in total. The van der Waals surface area contributed by atoms with E-state index in [1.54, 1.807) is 5.19 Å². The first kappa shape index (κ1) is 32.5. The van der Waals surface area contributed by atoms with Crippen molar-refractivity contribution in [1.82, 2.24) is 4.98 Å². The number of furan rings is 1. The molecule has 0 saturated carbocycles. The zero-order valence-corrected chi connectivity index (χ0v) is 32.3. The molecule has 6 aromatic rings. The van der Waals surface area contributed by atoms with Crippen molar-refractivity contribution < 1.29 is 13.6 Å². The first-order valence-electron chi connectivity index (χ1n) is 19.3. The van der Waals surface area contributed by atoms with Crippen molar-refractivity contribution in [2.45, 2.75) is 110 Å². The molecule has 0 spiro atoms. The van der Waals surface area contributed by atoms with Gasteiger partial charge in [0.2, 0.25) is 17.1 Å². The third-order valence-corrected chi connectivity index (χ3v) is 14.2. The van der Waals surface area contributed by atoms with Crippen LogP contribution in [0.1, 0.15) is 90.9 Å². The van der Waals surface area contributed by atoms with E-state index >= 15 is 0 Å². The lowest BCUT2D eigenvalue weighted by Crippen LogP contribution is -2.54. The normalized spacial score (nSPS) is 18.8. The van der Waals surface area contributed by atoms with Gasteiger partial charge in [-0.15, -0.1) is 0 Å². The Morgan fingerprint density at radius 3 is 2.55 bits per heavy atom. The fourth-order valence-electron chi connectivity index (χ4n) is 9.69. The largest absolute Gasteiger partial charge is 0.437 e. The number of allylic oxidation sites excluding steroid dienone is 1. The van der Waals surface area contributed by atoms with Crippen LogP contribution < -0.4 is 14.3 Å². The van der Waals surface area contributed by atoms with Crippen LogP contribution in [0.3, 0.4) is 0 Å². The number of rotatable bonds is 2. The number of benzene rings is 2. The molecule has 3 aliphatic rings. The minimum Gasteiger partial charge on any atom is -0.437 e. The SMILES string of the molecule is C=C1CC2C(CCc3ccc4c(oc5nc(C)ccc54)c3-c3c4c(cc[n+]3C1)CCCC4)c1ccccc1-c1cc(C(C)C)c([Si](C)(C)C)c[n+]12. The Morgan fingerprint density at radius 2 is 1.73 bits per heavy atom. The molecule has 0 amide bonds. The van der Waals surface area contributed by atoms with Crippen LogP contribution in [0.15, 0.2) is 89.6 Å². The van der Waals surface area contributed by atoms with Gasteiger partial charge in [0.05, 0.1) is 13.6 Å². The van der Waals surface area contributed by atoms with Crippen LogP contribution in [0.2, 0.25) is 19.6 Å². The van der Waals surface area contributed by atoms with E-state index in [2.05, 4.69) is 116 Å². The lowest BCUT2D eigenvalue weighted by Gasteiger charge is -2.33. The van der Waals surface area contributed by atoms with Crippen molar-refractivity contribution in [3.8, 4) is 22.5 Å². The fourth-order valence-corrected chi connectivity index (χ4v) is 11.4.